The molecule has 1 atom stereocenters. The Kier molecular flexibility index (Phi) is 3.74. The molecule has 80 valence electrons. The van der Waals surface area contributed by atoms with Gasteiger partial charge in [-0.25, -0.2) is 0 Å². The molecule has 0 heterocycles. The van der Waals surface area contributed by atoms with Gasteiger partial charge in [-0.15, -0.1) is 0 Å². The maximum absolute atomic E-state index is 8.89. The molecule has 0 spiro atoms. The molecule has 0 aliphatic heterocycles. The van der Waals surface area contributed by atoms with Gasteiger partial charge in [-0.1, -0.05) is 6.07 Å². The highest BCUT2D eigenvalue weighted by Crippen LogP contribution is 2.27. The fourth-order valence-corrected chi connectivity index (χ4v) is 1.66. The second kappa shape index (κ2) is 4.84. The molecule has 1 rings (SSSR count). The molecule has 0 aliphatic carbocycles. The summed E-state index contributed by atoms with van der Waals surface area (Å²) in [6, 6.07) is 6.33. The maximum atomic E-state index is 8.89. The number of rotatable bonds is 3. The number of benzene rings is 1. The van der Waals surface area contributed by atoms with Crippen LogP contribution in [-0.4, -0.2) is 6.61 Å². The van der Waals surface area contributed by atoms with Gasteiger partial charge in [-0.2, -0.15) is 5.26 Å². The Labute approximate surface area is 91.5 Å². The molecule has 0 bridgehead atoms. The van der Waals surface area contributed by atoms with Crippen molar-refractivity contribution in [3.8, 4) is 11.8 Å². The summed E-state index contributed by atoms with van der Waals surface area (Å²) >= 11 is 0. The lowest BCUT2D eigenvalue weighted by molar-refractivity contribution is 0.337. The smallest absolute Gasteiger partial charge is 0.122 e. The van der Waals surface area contributed by atoms with Crippen molar-refractivity contribution in [3.05, 3.63) is 28.8 Å². The number of hydrogen-bond acceptors (Lipinski definition) is 2. The predicted molar refractivity (Wildman–Crippen MR) is 61.1 cm³/mol. The normalized spacial score (nSPS) is 11.9. The van der Waals surface area contributed by atoms with Crippen LogP contribution < -0.4 is 4.74 Å². The topological polar surface area (TPSA) is 33.0 Å². The van der Waals surface area contributed by atoms with Crippen LogP contribution in [0.25, 0.3) is 0 Å². The third-order valence-corrected chi connectivity index (χ3v) is 2.52. The van der Waals surface area contributed by atoms with E-state index in [9.17, 15) is 0 Å². The molecule has 1 aromatic carbocycles. The number of ether oxygens (including phenoxy) is 1. The largest absolute Gasteiger partial charge is 0.494 e. The number of nitrogens with zero attached hydrogens (tertiary/aromatic N) is 1. The van der Waals surface area contributed by atoms with E-state index in [0.29, 0.717) is 6.61 Å². The first kappa shape index (κ1) is 11.6. The predicted octanol–water partition coefficient (Wildman–Crippen LogP) is 3.33. The van der Waals surface area contributed by atoms with E-state index < -0.39 is 0 Å². The van der Waals surface area contributed by atoms with Gasteiger partial charge in [0, 0.05) is 0 Å². The van der Waals surface area contributed by atoms with Crippen molar-refractivity contribution in [3.63, 3.8) is 0 Å². The monoisotopic (exact) mass is 203 g/mol. The highest BCUT2D eigenvalue weighted by atomic mass is 16.5. The zero-order chi connectivity index (χ0) is 11.4. The van der Waals surface area contributed by atoms with Crippen LogP contribution in [0.1, 0.15) is 36.5 Å². The summed E-state index contributed by atoms with van der Waals surface area (Å²) in [5, 5.41) is 8.89. The molecule has 1 aromatic rings. The van der Waals surface area contributed by atoms with Crippen LogP contribution in [0.4, 0.5) is 0 Å². The quantitative estimate of drug-likeness (QED) is 0.754. The third-order valence-electron chi connectivity index (χ3n) is 2.52. The van der Waals surface area contributed by atoms with Gasteiger partial charge in [0.2, 0.25) is 0 Å². The summed E-state index contributed by atoms with van der Waals surface area (Å²) in [6.45, 7) is 8.60. The SMILES string of the molecule is CCOc1cc(C)c(C(C)C#N)cc1C. The fourth-order valence-electron chi connectivity index (χ4n) is 1.66. The second-order valence-electron chi connectivity index (χ2n) is 3.76. The molecule has 0 fully saturated rings. The molecular weight excluding hydrogens is 186 g/mol. The van der Waals surface area contributed by atoms with Crippen molar-refractivity contribution in [2.75, 3.05) is 6.61 Å². The minimum absolute atomic E-state index is 0.0561. The van der Waals surface area contributed by atoms with E-state index in [2.05, 4.69) is 6.07 Å². The van der Waals surface area contributed by atoms with Crippen molar-refractivity contribution in [1.29, 1.82) is 5.26 Å². The van der Waals surface area contributed by atoms with E-state index in [1.165, 1.54) is 0 Å². The molecule has 0 aromatic heterocycles. The molecule has 1 unspecified atom stereocenters. The molecule has 0 aliphatic rings. The van der Waals surface area contributed by atoms with Gasteiger partial charge in [0.15, 0.2) is 0 Å². The Morgan fingerprint density at radius 1 is 1.33 bits per heavy atom. The van der Waals surface area contributed by atoms with Crippen LogP contribution in [0, 0.1) is 25.2 Å². The van der Waals surface area contributed by atoms with Crippen molar-refractivity contribution in [1.82, 2.24) is 0 Å². The fraction of sp³-hybridized carbons (Fsp3) is 0.462. The Balaban J connectivity index is 3.14. The van der Waals surface area contributed by atoms with Gasteiger partial charge >= 0.3 is 0 Å². The van der Waals surface area contributed by atoms with Crippen LogP contribution in [0.2, 0.25) is 0 Å². The van der Waals surface area contributed by atoms with Crippen LogP contribution in [0.5, 0.6) is 5.75 Å². The van der Waals surface area contributed by atoms with Crippen LogP contribution >= 0.6 is 0 Å². The van der Waals surface area contributed by atoms with E-state index in [1.54, 1.807) is 0 Å². The van der Waals surface area contributed by atoms with E-state index >= 15 is 0 Å². The Morgan fingerprint density at radius 3 is 2.53 bits per heavy atom. The lowest BCUT2D eigenvalue weighted by Gasteiger charge is -2.13. The van der Waals surface area contributed by atoms with Crippen LogP contribution in [0.3, 0.4) is 0 Å². The summed E-state index contributed by atoms with van der Waals surface area (Å²) in [6.07, 6.45) is 0. The average molecular weight is 203 g/mol. The van der Waals surface area contributed by atoms with E-state index in [4.69, 9.17) is 10.00 Å². The molecule has 0 amide bonds. The van der Waals surface area contributed by atoms with Crippen molar-refractivity contribution in [2.24, 2.45) is 0 Å². The third kappa shape index (κ3) is 2.50. The highest BCUT2D eigenvalue weighted by molar-refractivity contribution is 5.44. The molecule has 0 N–H and O–H groups in total. The van der Waals surface area contributed by atoms with Gasteiger partial charge in [0.05, 0.1) is 18.6 Å². The lowest BCUT2D eigenvalue weighted by Crippen LogP contribution is -1.99. The summed E-state index contributed by atoms with van der Waals surface area (Å²) in [5.74, 6) is 0.864. The molecule has 0 radical (unpaired) electrons. The van der Waals surface area contributed by atoms with E-state index in [1.807, 2.05) is 39.8 Å². The summed E-state index contributed by atoms with van der Waals surface area (Å²) in [7, 11) is 0. The number of nitriles is 1. The minimum Gasteiger partial charge on any atom is -0.494 e. The average Bonchev–Trinajstić information content (AvgIpc) is 2.22. The van der Waals surface area contributed by atoms with Crippen molar-refractivity contribution < 1.29 is 4.74 Å². The van der Waals surface area contributed by atoms with Gasteiger partial charge in [0.25, 0.3) is 0 Å². The van der Waals surface area contributed by atoms with Gasteiger partial charge in [-0.05, 0) is 50.5 Å². The number of hydrogen-bond donors (Lipinski definition) is 0. The maximum Gasteiger partial charge on any atom is 0.122 e. The highest BCUT2D eigenvalue weighted by Gasteiger charge is 2.10. The van der Waals surface area contributed by atoms with Gasteiger partial charge in [-0.3, -0.25) is 0 Å². The summed E-state index contributed by atoms with van der Waals surface area (Å²) in [4.78, 5) is 0. The van der Waals surface area contributed by atoms with Crippen molar-refractivity contribution in [2.45, 2.75) is 33.6 Å². The molecule has 0 saturated heterocycles. The first-order valence-electron chi connectivity index (χ1n) is 5.23. The standard InChI is InChI=1S/C13H17NO/c1-5-15-13-7-9(2)12(6-10(13)3)11(4)8-14/h6-7,11H,5H2,1-4H3. The zero-order valence-electron chi connectivity index (χ0n) is 9.79. The molecule has 2 heteroatoms. The molecule has 15 heavy (non-hydrogen) atoms. The summed E-state index contributed by atoms with van der Waals surface area (Å²) in [5.41, 5.74) is 3.32. The Morgan fingerprint density at radius 2 is 2.00 bits per heavy atom. The number of aryl methyl sites for hydroxylation is 2. The van der Waals surface area contributed by atoms with E-state index in [-0.39, 0.29) is 5.92 Å². The minimum atomic E-state index is -0.0561. The summed E-state index contributed by atoms with van der Waals surface area (Å²) < 4.78 is 5.50. The van der Waals surface area contributed by atoms with Crippen molar-refractivity contribution >= 4 is 0 Å². The van der Waals surface area contributed by atoms with Crippen LogP contribution in [0.15, 0.2) is 12.1 Å². The zero-order valence-corrected chi connectivity index (χ0v) is 9.79. The van der Waals surface area contributed by atoms with E-state index in [0.717, 1.165) is 22.4 Å². The van der Waals surface area contributed by atoms with Gasteiger partial charge < -0.3 is 4.74 Å². The Bertz CT molecular complexity index is 390. The second-order valence-corrected chi connectivity index (χ2v) is 3.76. The van der Waals surface area contributed by atoms with Gasteiger partial charge in [0.1, 0.15) is 5.75 Å². The van der Waals surface area contributed by atoms with Crippen LogP contribution in [-0.2, 0) is 0 Å². The lowest BCUT2D eigenvalue weighted by atomic mass is 9.95. The Hall–Kier alpha value is -1.49. The first-order valence-corrected chi connectivity index (χ1v) is 5.23. The molecule has 0 saturated carbocycles. The first-order chi connectivity index (χ1) is 7.10. The molecule has 2 nitrogen and oxygen atoms in total. The molecular formula is C13H17NO.